The molecule has 0 aliphatic heterocycles. The summed E-state index contributed by atoms with van der Waals surface area (Å²) in [6.45, 7) is 0. The van der Waals surface area contributed by atoms with E-state index in [0.717, 1.165) is 24.3 Å². The van der Waals surface area contributed by atoms with E-state index in [1.165, 1.54) is 19.3 Å². The average Bonchev–Trinajstić information content (AvgIpc) is 3.02. The second-order valence-corrected chi connectivity index (χ2v) is 5.71. The third-order valence-corrected chi connectivity index (χ3v) is 4.33. The lowest BCUT2D eigenvalue weighted by atomic mass is 9.76. The Bertz CT molecular complexity index is 601. The number of hydrogen-bond donors (Lipinski definition) is 0. The molecule has 18 heavy (non-hydrogen) atoms. The van der Waals surface area contributed by atoms with E-state index < -0.39 is 0 Å². The van der Waals surface area contributed by atoms with Crippen LogP contribution in [-0.2, 0) is 0 Å². The van der Waals surface area contributed by atoms with Crippen LogP contribution in [0.25, 0.3) is 5.52 Å². The zero-order chi connectivity index (χ0) is 12.2. The fourth-order valence-electron chi connectivity index (χ4n) is 2.87. The first-order valence-electron chi connectivity index (χ1n) is 6.46. The van der Waals surface area contributed by atoms with Crippen LogP contribution >= 0.6 is 11.6 Å². The van der Waals surface area contributed by atoms with Gasteiger partial charge in [0, 0.05) is 0 Å². The molecule has 2 saturated carbocycles. The highest BCUT2D eigenvalue weighted by Crippen LogP contribution is 2.52. The van der Waals surface area contributed by atoms with Crippen LogP contribution in [0.4, 0.5) is 0 Å². The van der Waals surface area contributed by atoms with Crippen molar-refractivity contribution < 1.29 is 4.74 Å². The monoisotopic (exact) mass is 263 g/mol. The van der Waals surface area contributed by atoms with Gasteiger partial charge in [0.2, 0.25) is 5.88 Å². The number of hydrogen-bond acceptors (Lipinski definition) is 3. The Balaban J connectivity index is 1.75. The summed E-state index contributed by atoms with van der Waals surface area (Å²) in [5.41, 5.74) is 0.925. The molecule has 0 spiro atoms. The summed E-state index contributed by atoms with van der Waals surface area (Å²) in [6, 6.07) is 1.91. The maximum absolute atomic E-state index is 6.26. The zero-order valence-corrected chi connectivity index (χ0v) is 10.7. The number of aromatic nitrogens is 3. The number of halogens is 1. The average molecular weight is 264 g/mol. The number of ether oxygens (including phenoxy) is 1. The van der Waals surface area contributed by atoms with Crippen molar-refractivity contribution in [2.45, 2.75) is 37.7 Å². The molecule has 0 aromatic carbocycles. The Morgan fingerprint density at radius 1 is 1.39 bits per heavy atom. The highest BCUT2D eigenvalue weighted by atomic mass is 35.5. The molecular weight excluding hydrogens is 250 g/mol. The summed E-state index contributed by atoms with van der Waals surface area (Å²) < 4.78 is 7.98. The fraction of sp³-hybridized carbons (Fsp3) is 0.538. The van der Waals surface area contributed by atoms with Crippen molar-refractivity contribution in [2.75, 3.05) is 0 Å². The molecule has 0 atom stereocenters. The van der Waals surface area contributed by atoms with Crippen LogP contribution < -0.4 is 4.74 Å². The molecule has 0 radical (unpaired) electrons. The first-order valence-corrected chi connectivity index (χ1v) is 6.84. The molecule has 2 aromatic rings. The van der Waals surface area contributed by atoms with E-state index >= 15 is 0 Å². The molecule has 2 aromatic heterocycles. The fourth-order valence-corrected chi connectivity index (χ4v) is 3.04. The summed E-state index contributed by atoms with van der Waals surface area (Å²) in [4.78, 5) is 4.33. The van der Waals surface area contributed by atoms with E-state index in [1.807, 2.05) is 6.07 Å². The predicted octanol–water partition coefficient (Wildman–Crippen LogP) is 3.09. The lowest BCUT2D eigenvalue weighted by molar-refractivity contribution is -0.0302. The molecule has 4 nitrogen and oxygen atoms in total. The summed E-state index contributed by atoms with van der Waals surface area (Å²) in [5, 5.41) is 4.61. The van der Waals surface area contributed by atoms with Gasteiger partial charge in [-0.3, -0.25) is 0 Å². The molecule has 0 N–H and O–H groups in total. The van der Waals surface area contributed by atoms with Gasteiger partial charge in [-0.1, -0.05) is 11.6 Å². The zero-order valence-electron chi connectivity index (χ0n) is 9.97. The molecule has 94 valence electrons. The van der Waals surface area contributed by atoms with Crippen LogP contribution in [0.1, 0.15) is 32.1 Å². The number of rotatable bonds is 3. The van der Waals surface area contributed by atoms with Crippen molar-refractivity contribution in [1.82, 2.24) is 14.6 Å². The Morgan fingerprint density at radius 3 is 2.89 bits per heavy atom. The van der Waals surface area contributed by atoms with Gasteiger partial charge in [-0.25, -0.2) is 4.52 Å². The third kappa shape index (κ3) is 1.52. The Labute approximate surface area is 110 Å². The molecule has 5 heteroatoms. The standard InChI is InChI=1S/C13H14ClN3O/c14-11-8-17-10(4-7-15-17)12(16-11)18-13(5-1-6-13)9-2-3-9/h4,7-9H,1-3,5-6H2. The summed E-state index contributed by atoms with van der Waals surface area (Å²) in [6.07, 6.45) is 9.57. The van der Waals surface area contributed by atoms with Gasteiger partial charge in [-0.05, 0) is 44.1 Å². The first-order chi connectivity index (χ1) is 8.77. The van der Waals surface area contributed by atoms with Crippen molar-refractivity contribution in [3.05, 3.63) is 23.6 Å². The molecule has 2 heterocycles. The van der Waals surface area contributed by atoms with E-state index in [0.29, 0.717) is 11.0 Å². The molecule has 0 bridgehead atoms. The van der Waals surface area contributed by atoms with Gasteiger partial charge in [0.1, 0.15) is 11.1 Å². The van der Waals surface area contributed by atoms with Gasteiger partial charge in [0.05, 0.1) is 12.4 Å². The minimum Gasteiger partial charge on any atom is -0.469 e. The van der Waals surface area contributed by atoms with E-state index in [9.17, 15) is 0 Å². The van der Waals surface area contributed by atoms with Gasteiger partial charge in [-0.15, -0.1) is 0 Å². The highest BCUT2D eigenvalue weighted by Gasteiger charge is 2.51. The summed E-state index contributed by atoms with van der Waals surface area (Å²) in [7, 11) is 0. The van der Waals surface area contributed by atoms with Crippen LogP contribution in [0.5, 0.6) is 5.88 Å². The SMILES string of the molecule is Clc1cn2nccc2c(OC2(C3CC3)CCC2)n1. The molecule has 0 saturated heterocycles. The second kappa shape index (κ2) is 3.60. The predicted molar refractivity (Wildman–Crippen MR) is 67.9 cm³/mol. The van der Waals surface area contributed by atoms with Crippen molar-refractivity contribution in [3.63, 3.8) is 0 Å². The van der Waals surface area contributed by atoms with Crippen molar-refractivity contribution >= 4 is 17.1 Å². The summed E-state index contributed by atoms with van der Waals surface area (Å²) in [5.74, 6) is 1.35. The topological polar surface area (TPSA) is 39.4 Å². The van der Waals surface area contributed by atoms with Crippen molar-refractivity contribution in [3.8, 4) is 5.88 Å². The van der Waals surface area contributed by atoms with Gasteiger partial charge in [-0.2, -0.15) is 10.1 Å². The Hall–Kier alpha value is -1.29. The van der Waals surface area contributed by atoms with Crippen molar-refractivity contribution in [1.29, 1.82) is 0 Å². The van der Waals surface area contributed by atoms with Crippen LogP contribution in [0.15, 0.2) is 18.5 Å². The van der Waals surface area contributed by atoms with Gasteiger partial charge < -0.3 is 4.74 Å². The molecule has 2 aliphatic carbocycles. The summed E-state index contributed by atoms with van der Waals surface area (Å²) >= 11 is 6.01. The van der Waals surface area contributed by atoms with E-state index in [4.69, 9.17) is 16.3 Å². The van der Waals surface area contributed by atoms with Crippen LogP contribution in [-0.4, -0.2) is 20.2 Å². The normalized spacial score (nSPS) is 21.8. The molecule has 0 amide bonds. The van der Waals surface area contributed by atoms with Crippen LogP contribution in [0.3, 0.4) is 0 Å². The van der Waals surface area contributed by atoms with Crippen LogP contribution in [0.2, 0.25) is 5.15 Å². The largest absolute Gasteiger partial charge is 0.469 e. The maximum atomic E-state index is 6.26. The van der Waals surface area contributed by atoms with Gasteiger partial charge in [0.25, 0.3) is 0 Å². The van der Waals surface area contributed by atoms with E-state index in [-0.39, 0.29) is 5.60 Å². The lowest BCUT2D eigenvalue weighted by Gasteiger charge is -2.42. The van der Waals surface area contributed by atoms with E-state index in [1.54, 1.807) is 16.9 Å². The molecule has 0 unspecified atom stereocenters. The minimum absolute atomic E-state index is 0.0302. The number of fused-ring (bicyclic) bond motifs is 1. The van der Waals surface area contributed by atoms with Gasteiger partial charge in [0.15, 0.2) is 5.15 Å². The smallest absolute Gasteiger partial charge is 0.242 e. The van der Waals surface area contributed by atoms with E-state index in [2.05, 4.69) is 10.1 Å². The Morgan fingerprint density at radius 2 is 2.22 bits per heavy atom. The quantitative estimate of drug-likeness (QED) is 0.854. The Kier molecular flexibility index (Phi) is 2.13. The molecular formula is C13H14ClN3O. The second-order valence-electron chi connectivity index (χ2n) is 5.32. The first kappa shape index (κ1) is 10.6. The third-order valence-electron chi connectivity index (χ3n) is 4.15. The molecule has 2 fully saturated rings. The lowest BCUT2D eigenvalue weighted by Crippen LogP contribution is -2.45. The van der Waals surface area contributed by atoms with Crippen LogP contribution in [0, 0.1) is 5.92 Å². The highest BCUT2D eigenvalue weighted by molar-refractivity contribution is 6.29. The molecule has 2 aliphatic rings. The number of nitrogens with zero attached hydrogens (tertiary/aromatic N) is 3. The molecule has 4 rings (SSSR count). The van der Waals surface area contributed by atoms with Gasteiger partial charge >= 0.3 is 0 Å². The maximum Gasteiger partial charge on any atom is 0.242 e. The van der Waals surface area contributed by atoms with Crippen molar-refractivity contribution in [2.24, 2.45) is 5.92 Å². The minimum atomic E-state index is 0.0302.